The molecule has 20 heavy (non-hydrogen) atoms. The fourth-order valence-corrected chi connectivity index (χ4v) is 2.78. The molecule has 1 aromatic heterocycles. The summed E-state index contributed by atoms with van der Waals surface area (Å²) in [4.78, 5) is 10.7. The fourth-order valence-electron chi connectivity index (χ4n) is 1.58. The number of sulfonamides is 1. The SMILES string of the molecule is Cc1[nH]ncc1S(=O)(=O)Nc1ccc(NC(N)=O)cc1. The zero-order valence-electron chi connectivity index (χ0n) is 10.5. The van der Waals surface area contributed by atoms with E-state index in [9.17, 15) is 13.2 Å². The Labute approximate surface area is 115 Å². The molecule has 0 unspecified atom stereocenters. The molecule has 0 aliphatic carbocycles. The molecule has 2 aromatic rings. The number of rotatable bonds is 4. The predicted octanol–water partition coefficient (Wildman–Crippen LogP) is 1.01. The number of nitrogens with zero attached hydrogens (tertiary/aromatic N) is 1. The van der Waals surface area contributed by atoms with Crippen LogP contribution in [0.25, 0.3) is 0 Å². The summed E-state index contributed by atoms with van der Waals surface area (Å²) in [5, 5.41) is 8.61. The molecule has 0 saturated carbocycles. The maximum atomic E-state index is 12.1. The standard InChI is InChI=1S/C11H13N5O3S/c1-7-10(6-13-15-7)20(18,19)16-9-4-2-8(3-5-9)14-11(12)17/h2-6,16H,1H3,(H,13,15)(H3,12,14,17). The zero-order valence-corrected chi connectivity index (χ0v) is 11.4. The monoisotopic (exact) mass is 295 g/mol. The number of H-pyrrole nitrogens is 1. The van der Waals surface area contributed by atoms with Gasteiger partial charge in [0.15, 0.2) is 0 Å². The van der Waals surface area contributed by atoms with Crippen LogP contribution in [0.4, 0.5) is 16.2 Å². The number of hydrogen-bond acceptors (Lipinski definition) is 4. The van der Waals surface area contributed by atoms with Crippen molar-refractivity contribution in [1.29, 1.82) is 0 Å². The summed E-state index contributed by atoms with van der Waals surface area (Å²) in [7, 11) is -3.69. The molecule has 1 heterocycles. The van der Waals surface area contributed by atoms with Crippen molar-refractivity contribution >= 4 is 27.4 Å². The van der Waals surface area contributed by atoms with Gasteiger partial charge in [-0.25, -0.2) is 13.2 Å². The molecule has 0 radical (unpaired) electrons. The van der Waals surface area contributed by atoms with E-state index in [2.05, 4.69) is 20.2 Å². The van der Waals surface area contributed by atoms with Gasteiger partial charge in [-0.3, -0.25) is 9.82 Å². The number of amides is 2. The minimum Gasteiger partial charge on any atom is -0.351 e. The molecule has 0 fully saturated rings. The minimum absolute atomic E-state index is 0.0804. The number of nitrogens with two attached hydrogens (primary N) is 1. The number of benzene rings is 1. The zero-order chi connectivity index (χ0) is 14.8. The van der Waals surface area contributed by atoms with Gasteiger partial charge in [0.1, 0.15) is 4.90 Å². The second kappa shape index (κ2) is 5.21. The first-order valence-corrected chi connectivity index (χ1v) is 7.06. The van der Waals surface area contributed by atoms with Crippen molar-refractivity contribution in [3.8, 4) is 0 Å². The summed E-state index contributed by atoms with van der Waals surface area (Å²) in [5.41, 5.74) is 6.26. The summed E-state index contributed by atoms with van der Waals surface area (Å²) in [6, 6.07) is 5.40. The van der Waals surface area contributed by atoms with Gasteiger partial charge in [-0.1, -0.05) is 0 Å². The van der Waals surface area contributed by atoms with Crippen LogP contribution in [0.5, 0.6) is 0 Å². The number of nitrogens with one attached hydrogen (secondary N) is 3. The van der Waals surface area contributed by atoms with Crippen molar-refractivity contribution in [2.24, 2.45) is 5.73 Å². The first-order chi connectivity index (χ1) is 9.38. The van der Waals surface area contributed by atoms with Crippen molar-refractivity contribution < 1.29 is 13.2 Å². The van der Waals surface area contributed by atoms with Crippen LogP contribution in [-0.2, 0) is 10.0 Å². The van der Waals surface area contributed by atoms with Gasteiger partial charge in [0.25, 0.3) is 10.0 Å². The molecule has 9 heteroatoms. The third-order valence-electron chi connectivity index (χ3n) is 2.48. The summed E-state index contributed by atoms with van der Waals surface area (Å²) in [6.45, 7) is 1.61. The molecule has 8 nitrogen and oxygen atoms in total. The normalized spacial score (nSPS) is 11.1. The first-order valence-electron chi connectivity index (χ1n) is 5.58. The first kappa shape index (κ1) is 13.9. The van der Waals surface area contributed by atoms with Crippen LogP contribution in [-0.4, -0.2) is 24.6 Å². The number of anilines is 2. The fraction of sp³-hybridized carbons (Fsp3) is 0.0909. The van der Waals surface area contributed by atoms with Crippen LogP contribution in [0, 0.1) is 6.92 Å². The lowest BCUT2D eigenvalue weighted by Gasteiger charge is -2.08. The maximum Gasteiger partial charge on any atom is 0.316 e. The lowest BCUT2D eigenvalue weighted by Crippen LogP contribution is -2.19. The number of urea groups is 1. The summed E-state index contributed by atoms with van der Waals surface area (Å²) < 4.78 is 26.6. The highest BCUT2D eigenvalue weighted by molar-refractivity contribution is 7.92. The number of aryl methyl sites for hydroxylation is 1. The number of hydrogen-bond donors (Lipinski definition) is 4. The summed E-state index contributed by atoms with van der Waals surface area (Å²) in [5.74, 6) is 0. The highest BCUT2D eigenvalue weighted by Gasteiger charge is 2.18. The van der Waals surface area contributed by atoms with Gasteiger partial charge in [0.2, 0.25) is 0 Å². The molecule has 0 atom stereocenters. The third-order valence-corrected chi connectivity index (χ3v) is 3.97. The van der Waals surface area contributed by atoms with Gasteiger partial charge < -0.3 is 11.1 Å². The van der Waals surface area contributed by atoms with Crippen molar-refractivity contribution in [2.45, 2.75) is 11.8 Å². The largest absolute Gasteiger partial charge is 0.351 e. The average Bonchev–Trinajstić information content (AvgIpc) is 2.78. The van der Waals surface area contributed by atoms with Crippen molar-refractivity contribution in [1.82, 2.24) is 10.2 Å². The molecule has 1 aromatic carbocycles. The Hall–Kier alpha value is -2.55. The summed E-state index contributed by atoms with van der Waals surface area (Å²) >= 11 is 0. The average molecular weight is 295 g/mol. The quantitative estimate of drug-likeness (QED) is 0.670. The topological polar surface area (TPSA) is 130 Å². The van der Waals surface area contributed by atoms with Crippen LogP contribution in [0.3, 0.4) is 0 Å². The minimum atomic E-state index is -3.69. The molecule has 2 amide bonds. The Kier molecular flexibility index (Phi) is 3.61. The second-order valence-corrected chi connectivity index (χ2v) is 5.68. The van der Waals surface area contributed by atoms with Gasteiger partial charge in [-0.2, -0.15) is 5.10 Å². The van der Waals surface area contributed by atoms with Crippen LogP contribution in [0.15, 0.2) is 35.4 Å². The number of aromatic amines is 1. The van der Waals surface area contributed by atoms with Crippen LogP contribution in [0.1, 0.15) is 5.69 Å². The molecule has 2 rings (SSSR count). The molecule has 0 aliphatic rings. The van der Waals surface area contributed by atoms with Gasteiger partial charge in [-0.15, -0.1) is 0 Å². The molecule has 106 valence electrons. The number of carbonyl (C=O) groups is 1. The van der Waals surface area contributed by atoms with E-state index < -0.39 is 16.1 Å². The maximum absolute atomic E-state index is 12.1. The van der Waals surface area contributed by atoms with Crippen LogP contribution >= 0.6 is 0 Å². The third kappa shape index (κ3) is 3.06. The number of aromatic nitrogens is 2. The predicted molar refractivity (Wildman–Crippen MR) is 73.8 cm³/mol. The van der Waals surface area contributed by atoms with Crippen molar-refractivity contribution in [2.75, 3.05) is 10.0 Å². The van der Waals surface area contributed by atoms with E-state index in [1.165, 1.54) is 30.5 Å². The highest BCUT2D eigenvalue weighted by atomic mass is 32.2. The van der Waals surface area contributed by atoms with Gasteiger partial charge in [0.05, 0.1) is 11.9 Å². The molecular weight excluding hydrogens is 282 g/mol. The highest BCUT2D eigenvalue weighted by Crippen LogP contribution is 2.19. The lowest BCUT2D eigenvalue weighted by atomic mass is 10.3. The molecule has 0 spiro atoms. The van der Waals surface area contributed by atoms with Crippen LogP contribution < -0.4 is 15.8 Å². The lowest BCUT2D eigenvalue weighted by molar-refractivity contribution is 0.259. The molecule has 5 N–H and O–H groups in total. The van der Waals surface area contributed by atoms with E-state index in [-0.39, 0.29) is 4.90 Å². The Morgan fingerprint density at radius 2 is 1.85 bits per heavy atom. The second-order valence-electron chi connectivity index (χ2n) is 4.03. The molecular formula is C11H13N5O3S. The molecule has 0 aliphatic heterocycles. The van der Waals surface area contributed by atoms with E-state index in [0.717, 1.165) is 0 Å². The Bertz CT molecular complexity index is 721. The number of primary amides is 1. The van der Waals surface area contributed by atoms with E-state index in [0.29, 0.717) is 17.1 Å². The Morgan fingerprint density at radius 3 is 2.35 bits per heavy atom. The van der Waals surface area contributed by atoms with Crippen LogP contribution in [0.2, 0.25) is 0 Å². The van der Waals surface area contributed by atoms with E-state index in [1.807, 2.05) is 0 Å². The van der Waals surface area contributed by atoms with Gasteiger partial charge in [-0.05, 0) is 31.2 Å². The Balaban J connectivity index is 2.18. The van der Waals surface area contributed by atoms with E-state index in [1.54, 1.807) is 6.92 Å². The van der Waals surface area contributed by atoms with Crippen molar-refractivity contribution in [3.05, 3.63) is 36.2 Å². The Morgan fingerprint density at radius 1 is 1.25 bits per heavy atom. The van der Waals surface area contributed by atoms with Gasteiger partial charge in [0, 0.05) is 11.4 Å². The molecule has 0 saturated heterocycles. The molecule has 0 bridgehead atoms. The smallest absolute Gasteiger partial charge is 0.316 e. The number of carbonyl (C=O) groups excluding carboxylic acids is 1. The van der Waals surface area contributed by atoms with E-state index >= 15 is 0 Å². The van der Waals surface area contributed by atoms with Crippen molar-refractivity contribution in [3.63, 3.8) is 0 Å². The summed E-state index contributed by atoms with van der Waals surface area (Å²) in [6.07, 6.45) is 1.24. The van der Waals surface area contributed by atoms with E-state index in [4.69, 9.17) is 5.73 Å². The van der Waals surface area contributed by atoms with Gasteiger partial charge >= 0.3 is 6.03 Å².